The van der Waals surface area contributed by atoms with Crippen LogP contribution in [0.25, 0.3) is 11.1 Å². The second-order valence-electron chi connectivity index (χ2n) is 8.01. The second-order valence-corrected chi connectivity index (χ2v) is 8.01. The summed E-state index contributed by atoms with van der Waals surface area (Å²) in [6.45, 7) is 0. The minimum absolute atomic E-state index is 0.353. The average Bonchev–Trinajstić information content (AvgIpc) is 2.86. The van der Waals surface area contributed by atoms with Crippen molar-refractivity contribution in [3.05, 3.63) is 150 Å². The maximum atomic E-state index is 3.89. The zero-order valence-corrected chi connectivity index (χ0v) is 17.4. The summed E-state index contributed by atoms with van der Waals surface area (Å²) in [7, 11) is 0. The molecule has 1 aliphatic carbocycles. The molecule has 1 atom stereocenters. The van der Waals surface area contributed by atoms with Gasteiger partial charge in [0, 0.05) is 12.1 Å². The van der Waals surface area contributed by atoms with Crippen molar-refractivity contribution < 1.29 is 0 Å². The van der Waals surface area contributed by atoms with E-state index in [4.69, 9.17) is 0 Å². The van der Waals surface area contributed by atoms with Gasteiger partial charge in [0.1, 0.15) is 0 Å². The maximum absolute atomic E-state index is 3.89. The molecule has 0 fully saturated rings. The molecule has 0 aliphatic heterocycles. The highest BCUT2D eigenvalue weighted by Gasteiger charge is 2.34. The van der Waals surface area contributed by atoms with Gasteiger partial charge < -0.3 is 5.32 Å². The van der Waals surface area contributed by atoms with Crippen LogP contribution in [0.4, 0.5) is 5.69 Å². The number of rotatable bonds is 5. The summed E-state index contributed by atoms with van der Waals surface area (Å²) in [5.41, 5.74) is 7.07. The molecule has 0 saturated heterocycles. The van der Waals surface area contributed by atoms with E-state index >= 15 is 0 Å². The van der Waals surface area contributed by atoms with E-state index in [2.05, 4.69) is 139 Å². The molecule has 0 heterocycles. The van der Waals surface area contributed by atoms with E-state index in [1.807, 2.05) is 0 Å². The third-order valence-electron chi connectivity index (χ3n) is 5.88. The molecule has 0 aromatic heterocycles. The molecule has 0 radical (unpaired) electrons. The molecular weight excluding hydrogens is 374 g/mol. The largest absolute Gasteiger partial charge is 0.372 e. The zero-order valence-electron chi connectivity index (χ0n) is 17.4. The summed E-state index contributed by atoms with van der Waals surface area (Å²) in [5, 5.41) is 3.89. The molecule has 4 aromatic carbocycles. The van der Waals surface area contributed by atoms with E-state index in [0.29, 0.717) is 0 Å². The summed E-state index contributed by atoms with van der Waals surface area (Å²) in [4.78, 5) is 0. The summed E-state index contributed by atoms with van der Waals surface area (Å²) in [5.74, 6) is 0. The van der Waals surface area contributed by atoms with Crippen molar-refractivity contribution in [2.45, 2.75) is 12.0 Å². The van der Waals surface area contributed by atoms with Crippen molar-refractivity contribution in [1.29, 1.82) is 0 Å². The number of hydrogen-bond donors (Lipinski definition) is 1. The van der Waals surface area contributed by atoms with Crippen molar-refractivity contribution in [2.75, 3.05) is 5.32 Å². The lowest BCUT2D eigenvalue weighted by Gasteiger charge is -2.38. The van der Waals surface area contributed by atoms with E-state index in [1.165, 1.54) is 27.8 Å². The highest BCUT2D eigenvalue weighted by Crippen LogP contribution is 2.43. The number of allylic oxidation sites excluding steroid dienone is 2. The summed E-state index contributed by atoms with van der Waals surface area (Å²) in [6.07, 6.45) is 5.61. The van der Waals surface area contributed by atoms with E-state index < -0.39 is 0 Å². The van der Waals surface area contributed by atoms with Crippen LogP contribution < -0.4 is 5.32 Å². The first kappa shape index (κ1) is 19.1. The Labute approximate surface area is 184 Å². The van der Waals surface area contributed by atoms with Gasteiger partial charge >= 0.3 is 0 Å². The van der Waals surface area contributed by atoms with Crippen LogP contribution >= 0.6 is 0 Å². The smallest absolute Gasteiger partial charge is 0.0859 e. The van der Waals surface area contributed by atoms with Gasteiger partial charge in [0.15, 0.2) is 0 Å². The first-order valence-electron chi connectivity index (χ1n) is 10.8. The number of hydrogen-bond acceptors (Lipinski definition) is 1. The quantitative estimate of drug-likeness (QED) is 0.365. The average molecular weight is 400 g/mol. The SMILES string of the molecule is C1=C(c2ccccc2)C=C(c2ccccc2)CC1(Nc1ccccc1)c1ccccc1. The fraction of sp³-hybridized carbons (Fsp3) is 0.0667. The van der Waals surface area contributed by atoms with Crippen LogP contribution in [0.15, 0.2) is 133 Å². The van der Waals surface area contributed by atoms with Crippen LogP contribution in [0.2, 0.25) is 0 Å². The Kier molecular flexibility index (Phi) is 5.24. The van der Waals surface area contributed by atoms with Crippen molar-refractivity contribution in [3.63, 3.8) is 0 Å². The fourth-order valence-corrected chi connectivity index (χ4v) is 4.38. The standard InChI is InChI=1S/C30H25N/c1-5-13-24(14-6-1)26-21-27(25-15-7-2-8-16-25)23-30(22-26,28-17-9-3-10-18-28)31-29-19-11-4-12-20-29/h1-22,31H,23H2. The molecule has 1 nitrogen and oxygen atoms in total. The lowest BCUT2D eigenvalue weighted by molar-refractivity contribution is 0.630. The molecule has 150 valence electrons. The maximum Gasteiger partial charge on any atom is 0.0859 e. The lowest BCUT2D eigenvalue weighted by atomic mass is 9.75. The molecule has 4 aromatic rings. The van der Waals surface area contributed by atoms with E-state index in [9.17, 15) is 0 Å². The van der Waals surface area contributed by atoms with Gasteiger partial charge in [-0.1, -0.05) is 115 Å². The first-order chi connectivity index (χ1) is 15.3. The lowest BCUT2D eigenvalue weighted by Crippen LogP contribution is -2.35. The Morgan fingerprint density at radius 3 is 1.68 bits per heavy atom. The predicted molar refractivity (Wildman–Crippen MR) is 132 cm³/mol. The summed E-state index contributed by atoms with van der Waals surface area (Å²) < 4.78 is 0. The molecule has 0 amide bonds. The first-order valence-corrected chi connectivity index (χ1v) is 10.8. The van der Waals surface area contributed by atoms with Crippen LogP contribution in [-0.4, -0.2) is 0 Å². The van der Waals surface area contributed by atoms with Gasteiger partial charge in [0.05, 0.1) is 5.54 Å². The van der Waals surface area contributed by atoms with Gasteiger partial charge in [-0.05, 0) is 46.0 Å². The minimum Gasteiger partial charge on any atom is -0.372 e. The molecule has 0 bridgehead atoms. The van der Waals surface area contributed by atoms with E-state index in [1.54, 1.807) is 0 Å². The number of anilines is 1. The minimum atomic E-state index is -0.353. The zero-order chi connectivity index (χ0) is 20.9. The van der Waals surface area contributed by atoms with Crippen LogP contribution in [0.3, 0.4) is 0 Å². The fourth-order valence-electron chi connectivity index (χ4n) is 4.38. The van der Waals surface area contributed by atoms with Gasteiger partial charge in [0.2, 0.25) is 0 Å². The van der Waals surface area contributed by atoms with Crippen molar-refractivity contribution >= 4 is 16.8 Å². The van der Waals surface area contributed by atoms with Gasteiger partial charge in [-0.3, -0.25) is 0 Å². The molecule has 1 unspecified atom stereocenters. The van der Waals surface area contributed by atoms with E-state index in [-0.39, 0.29) is 5.54 Å². The Bertz CT molecular complexity index is 1190. The normalized spacial score (nSPS) is 18.1. The third-order valence-corrected chi connectivity index (χ3v) is 5.88. The molecule has 1 aliphatic rings. The van der Waals surface area contributed by atoms with Crippen molar-refractivity contribution in [1.82, 2.24) is 0 Å². The molecule has 0 spiro atoms. The molecule has 1 heteroatoms. The molecule has 5 rings (SSSR count). The monoisotopic (exact) mass is 399 g/mol. The predicted octanol–water partition coefficient (Wildman–Crippen LogP) is 7.56. The summed E-state index contributed by atoms with van der Waals surface area (Å²) in [6, 6.07) is 42.7. The summed E-state index contributed by atoms with van der Waals surface area (Å²) >= 11 is 0. The van der Waals surface area contributed by atoms with Crippen LogP contribution in [-0.2, 0) is 5.54 Å². The van der Waals surface area contributed by atoms with Gasteiger partial charge in [-0.25, -0.2) is 0 Å². The van der Waals surface area contributed by atoms with Crippen LogP contribution in [0.1, 0.15) is 23.1 Å². The number of benzene rings is 4. The highest BCUT2D eigenvalue weighted by atomic mass is 15.0. The topological polar surface area (TPSA) is 12.0 Å². The van der Waals surface area contributed by atoms with Crippen LogP contribution in [0, 0.1) is 0 Å². The molecule has 31 heavy (non-hydrogen) atoms. The Morgan fingerprint density at radius 1 is 0.548 bits per heavy atom. The van der Waals surface area contributed by atoms with Gasteiger partial charge in [-0.2, -0.15) is 0 Å². The number of para-hydroxylation sites is 1. The Hall–Kier alpha value is -3.84. The number of nitrogens with one attached hydrogen (secondary N) is 1. The van der Waals surface area contributed by atoms with Crippen molar-refractivity contribution in [3.8, 4) is 0 Å². The molecular formula is C30H25N. The molecule has 0 saturated carbocycles. The Balaban J connectivity index is 1.70. The molecule has 1 N–H and O–H groups in total. The second kappa shape index (κ2) is 8.49. The van der Waals surface area contributed by atoms with Crippen molar-refractivity contribution in [2.24, 2.45) is 0 Å². The third kappa shape index (κ3) is 4.08. The Morgan fingerprint density at radius 2 is 1.06 bits per heavy atom. The van der Waals surface area contributed by atoms with Gasteiger partial charge in [0.25, 0.3) is 0 Å². The van der Waals surface area contributed by atoms with Crippen LogP contribution in [0.5, 0.6) is 0 Å². The van der Waals surface area contributed by atoms with E-state index in [0.717, 1.165) is 12.1 Å². The van der Waals surface area contributed by atoms with Gasteiger partial charge in [-0.15, -0.1) is 0 Å². The highest BCUT2D eigenvalue weighted by molar-refractivity contribution is 5.88.